The molecule has 1 atom stereocenters. The third-order valence-corrected chi connectivity index (χ3v) is 4.56. The Kier molecular flexibility index (Phi) is 3.87. The van der Waals surface area contributed by atoms with Crippen molar-refractivity contribution in [1.29, 1.82) is 0 Å². The predicted octanol–water partition coefficient (Wildman–Crippen LogP) is 2.28. The van der Waals surface area contributed by atoms with Crippen molar-refractivity contribution in [2.24, 2.45) is 5.92 Å². The van der Waals surface area contributed by atoms with Crippen LogP contribution in [0.5, 0.6) is 0 Å². The molecule has 2 aliphatic rings. The van der Waals surface area contributed by atoms with E-state index in [1.807, 2.05) is 0 Å². The predicted molar refractivity (Wildman–Crippen MR) is 76.1 cm³/mol. The molecule has 4 nitrogen and oxygen atoms in total. The number of fused-ring (bicyclic) bond motifs is 1. The first-order chi connectivity index (χ1) is 9.22. The van der Waals surface area contributed by atoms with Gasteiger partial charge in [-0.05, 0) is 52.0 Å². The Morgan fingerprint density at radius 1 is 1.21 bits per heavy atom. The molecule has 106 valence electrons. The summed E-state index contributed by atoms with van der Waals surface area (Å²) in [6.45, 7) is 8.17. The Hall–Kier alpha value is -0.900. The van der Waals surface area contributed by atoms with Crippen molar-refractivity contribution in [1.82, 2.24) is 19.7 Å². The molecule has 0 aliphatic carbocycles. The van der Waals surface area contributed by atoms with Gasteiger partial charge in [0.2, 0.25) is 0 Å². The normalized spacial score (nSPS) is 24.7. The van der Waals surface area contributed by atoms with Gasteiger partial charge in [-0.3, -0.25) is 0 Å². The third-order valence-electron chi connectivity index (χ3n) is 4.56. The standard InChI is InChI=1S/C15H26N4/c1-12(2)18-8-5-6-13(11-18)10-14-16-15-7-3-4-9-19(15)17-14/h12-13H,3-11H2,1-2H3. The van der Waals surface area contributed by atoms with Crippen LogP contribution in [-0.4, -0.2) is 38.8 Å². The molecule has 0 spiro atoms. The minimum atomic E-state index is 0.672. The van der Waals surface area contributed by atoms with Crippen LogP contribution in [0.4, 0.5) is 0 Å². The van der Waals surface area contributed by atoms with E-state index in [1.165, 1.54) is 44.6 Å². The van der Waals surface area contributed by atoms with Gasteiger partial charge in [-0.25, -0.2) is 9.67 Å². The van der Waals surface area contributed by atoms with Crippen LogP contribution in [0, 0.1) is 5.92 Å². The lowest BCUT2D eigenvalue weighted by Crippen LogP contribution is -2.40. The maximum atomic E-state index is 4.75. The SMILES string of the molecule is CC(C)N1CCCC(Cc2nc3n(n2)CCCC3)C1. The Morgan fingerprint density at radius 3 is 2.89 bits per heavy atom. The summed E-state index contributed by atoms with van der Waals surface area (Å²) in [6.07, 6.45) is 7.41. The fourth-order valence-corrected chi connectivity index (χ4v) is 3.41. The van der Waals surface area contributed by atoms with Crippen molar-refractivity contribution in [2.75, 3.05) is 13.1 Å². The Balaban J connectivity index is 1.63. The highest BCUT2D eigenvalue weighted by molar-refractivity contribution is 4.97. The summed E-state index contributed by atoms with van der Waals surface area (Å²) >= 11 is 0. The van der Waals surface area contributed by atoms with Crippen LogP contribution in [0.15, 0.2) is 0 Å². The highest BCUT2D eigenvalue weighted by atomic mass is 15.3. The van der Waals surface area contributed by atoms with Crippen LogP contribution in [-0.2, 0) is 19.4 Å². The first-order valence-electron chi connectivity index (χ1n) is 7.89. The van der Waals surface area contributed by atoms with Gasteiger partial charge in [0.15, 0.2) is 5.82 Å². The number of hydrogen-bond donors (Lipinski definition) is 0. The van der Waals surface area contributed by atoms with Gasteiger partial charge < -0.3 is 4.90 Å². The van der Waals surface area contributed by atoms with Crippen LogP contribution < -0.4 is 0 Å². The molecule has 0 bridgehead atoms. The van der Waals surface area contributed by atoms with Crippen molar-refractivity contribution in [2.45, 2.75) is 65.0 Å². The molecular weight excluding hydrogens is 236 g/mol. The molecular formula is C15H26N4. The van der Waals surface area contributed by atoms with Gasteiger partial charge in [-0.15, -0.1) is 0 Å². The first kappa shape index (κ1) is 13.1. The number of piperidine rings is 1. The molecule has 0 radical (unpaired) electrons. The lowest BCUT2D eigenvalue weighted by atomic mass is 9.94. The summed E-state index contributed by atoms with van der Waals surface area (Å²) in [5.74, 6) is 3.06. The number of likely N-dealkylation sites (tertiary alicyclic amines) is 1. The molecule has 1 unspecified atom stereocenters. The lowest BCUT2D eigenvalue weighted by Gasteiger charge is -2.35. The summed E-state index contributed by atoms with van der Waals surface area (Å²) in [7, 11) is 0. The van der Waals surface area contributed by atoms with Gasteiger partial charge in [0.1, 0.15) is 5.82 Å². The van der Waals surface area contributed by atoms with E-state index in [-0.39, 0.29) is 0 Å². The van der Waals surface area contributed by atoms with Gasteiger partial charge in [-0.1, -0.05) is 0 Å². The Labute approximate surface area is 116 Å². The molecule has 1 saturated heterocycles. The van der Waals surface area contributed by atoms with Crippen LogP contribution >= 0.6 is 0 Å². The highest BCUT2D eigenvalue weighted by Gasteiger charge is 2.24. The molecule has 4 heteroatoms. The fourth-order valence-electron chi connectivity index (χ4n) is 3.41. The summed E-state index contributed by atoms with van der Waals surface area (Å²) in [5, 5.41) is 4.70. The van der Waals surface area contributed by atoms with E-state index >= 15 is 0 Å². The molecule has 3 rings (SSSR count). The maximum Gasteiger partial charge on any atom is 0.151 e. The largest absolute Gasteiger partial charge is 0.301 e. The fraction of sp³-hybridized carbons (Fsp3) is 0.867. The van der Waals surface area contributed by atoms with Gasteiger partial charge >= 0.3 is 0 Å². The number of hydrogen-bond acceptors (Lipinski definition) is 3. The van der Waals surface area contributed by atoms with Gasteiger partial charge in [0, 0.05) is 32.0 Å². The summed E-state index contributed by atoms with van der Waals surface area (Å²) in [4.78, 5) is 7.35. The van der Waals surface area contributed by atoms with E-state index in [0.29, 0.717) is 6.04 Å². The van der Waals surface area contributed by atoms with Gasteiger partial charge in [-0.2, -0.15) is 5.10 Å². The summed E-state index contributed by atoms with van der Waals surface area (Å²) in [5.41, 5.74) is 0. The monoisotopic (exact) mass is 262 g/mol. The zero-order chi connectivity index (χ0) is 13.2. The molecule has 0 saturated carbocycles. The average Bonchev–Trinajstić information content (AvgIpc) is 2.81. The zero-order valence-electron chi connectivity index (χ0n) is 12.3. The second-order valence-corrected chi connectivity index (χ2v) is 6.43. The first-order valence-corrected chi connectivity index (χ1v) is 7.89. The van der Waals surface area contributed by atoms with E-state index in [9.17, 15) is 0 Å². The van der Waals surface area contributed by atoms with E-state index < -0.39 is 0 Å². The van der Waals surface area contributed by atoms with E-state index in [2.05, 4.69) is 23.4 Å². The second-order valence-electron chi connectivity index (χ2n) is 6.43. The van der Waals surface area contributed by atoms with Crippen molar-refractivity contribution in [3.8, 4) is 0 Å². The topological polar surface area (TPSA) is 34.0 Å². The van der Waals surface area contributed by atoms with Crippen molar-refractivity contribution >= 4 is 0 Å². The second kappa shape index (κ2) is 5.61. The average molecular weight is 262 g/mol. The van der Waals surface area contributed by atoms with Crippen LogP contribution in [0.1, 0.15) is 51.2 Å². The molecule has 1 aromatic heterocycles. The number of aromatic nitrogens is 3. The number of nitrogens with zero attached hydrogens (tertiary/aromatic N) is 4. The number of aryl methyl sites for hydroxylation is 2. The molecule has 0 aromatic carbocycles. The van der Waals surface area contributed by atoms with E-state index in [4.69, 9.17) is 10.1 Å². The maximum absolute atomic E-state index is 4.75. The van der Waals surface area contributed by atoms with Gasteiger partial charge in [0.05, 0.1) is 0 Å². The minimum absolute atomic E-state index is 0.672. The lowest BCUT2D eigenvalue weighted by molar-refractivity contribution is 0.138. The van der Waals surface area contributed by atoms with Crippen molar-refractivity contribution in [3.05, 3.63) is 11.6 Å². The third kappa shape index (κ3) is 2.99. The molecule has 0 amide bonds. The molecule has 1 aromatic rings. The molecule has 19 heavy (non-hydrogen) atoms. The van der Waals surface area contributed by atoms with Crippen LogP contribution in [0.3, 0.4) is 0 Å². The van der Waals surface area contributed by atoms with E-state index in [0.717, 1.165) is 31.1 Å². The Morgan fingerprint density at radius 2 is 2.11 bits per heavy atom. The molecule has 3 heterocycles. The quantitative estimate of drug-likeness (QED) is 0.838. The van der Waals surface area contributed by atoms with Crippen molar-refractivity contribution in [3.63, 3.8) is 0 Å². The smallest absolute Gasteiger partial charge is 0.151 e. The molecule has 1 fully saturated rings. The zero-order valence-corrected chi connectivity index (χ0v) is 12.3. The molecule has 2 aliphatic heterocycles. The van der Waals surface area contributed by atoms with E-state index in [1.54, 1.807) is 0 Å². The van der Waals surface area contributed by atoms with Crippen LogP contribution in [0.25, 0.3) is 0 Å². The minimum Gasteiger partial charge on any atom is -0.301 e. The highest BCUT2D eigenvalue weighted by Crippen LogP contribution is 2.22. The summed E-state index contributed by atoms with van der Waals surface area (Å²) in [6, 6.07) is 0.672. The number of rotatable bonds is 3. The molecule has 0 N–H and O–H groups in total. The van der Waals surface area contributed by atoms with Crippen molar-refractivity contribution < 1.29 is 0 Å². The summed E-state index contributed by atoms with van der Waals surface area (Å²) < 4.78 is 2.14. The van der Waals surface area contributed by atoms with Gasteiger partial charge in [0.25, 0.3) is 0 Å². The Bertz CT molecular complexity index is 400. The van der Waals surface area contributed by atoms with Crippen LogP contribution in [0.2, 0.25) is 0 Å².